The van der Waals surface area contributed by atoms with E-state index in [9.17, 15) is 0 Å². The molecular weight excluding hydrogens is 296 g/mol. The molecule has 4 heteroatoms. The standard InChI is InChI=1S/C7H6Cl2IN/c8-5-1-4(3-11)7(10)6(9)2-5/h1-2H,3,11H2. The van der Waals surface area contributed by atoms with Crippen LogP contribution in [0.2, 0.25) is 10.0 Å². The summed E-state index contributed by atoms with van der Waals surface area (Å²) in [6.45, 7) is 0.471. The number of nitrogens with two attached hydrogens (primary N) is 1. The van der Waals surface area contributed by atoms with Gasteiger partial charge in [0.25, 0.3) is 0 Å². The van der Waals surface area contributed by atoms with Gasteiger partial charge in [-0.05, 0) is 40.3 Å². The summed E-state index contributed by atoms with van der Waals surface area (Å²) >= 11 is 13.8. The summed E-state index contributed by atoms with van der Waals surface area (Å²) in [6, 6.07) is 3.54. The van der Waals surface area contributed by atoms with Gasteiger partial charge >= 0.3 is 0 Å². The SMILES string of the molecule is NCc1cc(Cl)cc(Cl)c1I. The quantitative estimate of drug-likeness (QED) is 0.626. The molecule has 2 N–H and O–H groups in total. The van der Waals surface area contributed by atoms with E-state index in [1.165, 1.54) is 0 Å². The molecule has 1 nitrogen and oxygen atoms in total. The van der Waals surface area contributed by atoms with Crippen LogP contribution < -0.4 is 5.73 Å². The molecule has 1 aromatic carbocycles. The van der Waals surface area contributed by atoms with Crippen LogP contribution in [-0.2, 0) is 6.54 Å². The molecule has 0 amide bonds. The minimum Gasteiger partial charge on any atom is -0.326 e. The molecule has 0 saturated carbocycles. The van der Waals surface area contributed by atoms with Crippen LogP contribution in [0.4, 0.5) is 0 Å². The molecule has 0 aliphatic heterocycles. The Labute approximate surface area is 89.0 Å². The van der Waals surface area contributed by atoms with E-state index in [0.29, 0.717) is 16.6 Å². The van der Waals surface area contributed by atoms with Crippen LogP contribution in [0.5, 0.6) is 0 Å². The predicted molar refractivity (Wildman–Crippen MR) is 57.1 cm³/mol. The van der Waals surface area contributed by atoms with Crippen LogP contribution >= 0.6 is 45.8 Å². The highest BCUT2D eigenvalue weighted by Crippen LogP contribution is 2.26. The number of rotatable bonds is 1. The zero-order valence-corrected chi connectivity index (χ0v) is 9.24. The number of benzene rings is 1. The molecule has 1 rings (SSSR count). The summed E-state index contributed by atoms with van der Waals surface area (Å²) in [5.41, 5.74) is 6.46. The van der Waals surface area contributed by atoms with E-state index < -0.39 is 0 Å². The molecule has 0 saturated heterocycles. The van der Waals surface area contributed by atoms with Crippen LogP contribution in [0.15, 0.2) is 12.1 Å². The van der Waals surface area contributed by atoms with Crippen molar-refractivity contribution in [3.05, 3.63) is 31.3 Å². The van der Waals surface area contributed by atoms with E-state index in [0.717, 1.165) is 9.13 Å². The van der Waals surface area contributed by atoms with E-state index in [1.54, 1.807) is 6.07 Å². The zero-order chi connectivity index (χ0) is 8.43. The van der Waals surface area contributed by atoms with Gasteiger partial charge in [0.05, 0.1) is 5.02 Å². The molecule has 0 atom stereocenters. The average molecular weight is 302 g/mol. The first-order valence-electron chi connectivity index (χ1n) is 2.98. The predicted octanol–water partition coefficient (Wildman–Crippen LogP) is 3.06. The first-order valence-corrected chi connectivity index (χ1v) is 4.82. The second kappa shape index (κ2) is 3.94. The third kappa shape index (κ3) is 2.21. The molecule has 0 aromatic heterocycles. The highest BCUT2D eigenvalue weighted by molar-refractivity contribution is 14.1. The van der Waals surface area contributed by atoms with E-state index in [1.807, 2.05) is 6.07 Å². The van der Waals surface area contributed by atoms with Gasteiger partial charge in [-0.2, -0.15) is 0 Å². The van der Waals surface area contributed by atoms with Crippen molar-refractivity contribution in [3.63, 3.8) is 0 Å². The maximum atomic E-state index is 5.85. The van der Waals surface area contributed by atoms with Crippen molar-refractivity contribution in [2.75, 3.05) is 0 Å². The van der Waals surface area contributed by atoms with Crippen LogP contribution in [-0.4, -0.2) is 0 Å². The second-order valence-electron chi connectivity index (χ2n) is 2.06. The van der Waals surface area contributed by atoms with Crippen LogP contribution in [0.25, 0.3) is 0 Å². The summed E-state index contributed by atoms with van der Waals surface area (Å²) < 4.78 is 0.983. The van der Waals surface area contributed by atoms with Gasteiger partial charge in [0, 0.05) is 15.1 Å². The van der Waals surface area contributed by atoms with Gasteiger partial charge in [-0.3, -0.25) is 0 Å². The van der Waals surface area contributed by atoms with Gasteiger partial charge in [-0.1, -0.05) is 23.2 Å². The molecular formula is C7H6Cl2IN. The molecule has 0 aliphatic rings. The minimum atomic E-state index is 0.471. The Morgan fingerprint density at radius 2 is 2.00 bits per heavy atom. The van der Waals surface area contributed by atoms with Crippen LogP contribution in [0.1, 0.15) is 5.56 Å². The fourth-order valence-electron chi connectivity index (χ4n) is 0.758. The highest BCUT2D eigenvalue weighted by Gasteiger charge is 2.03. The highest BCUT2D eigenvalue weighted by atomic mass is 127. The lowest BCUT2D eigenvalue weighted by Gasteiger charge is -2.03. The van der Waals surface area contributed by atoms with Gasteiger partial charge in [-0.15, -0.1) is 0 Å². The van der Waals surface area contributed by atoms with Crippen molar-refractivity contribution in [3.8, 4) is 0 Å². The van der Waals surface area contributed by atoms with Crippen molar-refractivity contribution in [1.82, 2.24) is 0 Å². The average Bonchev–Trinajstić information content (AvgIpc) is 1.96. The fraction of sp³-hybridized carbons (Fsp3) is 0.143. The molecule has 0 fully saturated rings. The zero-order valence-electron chi connectivity index (χ0n) is 5.57. The topological polar surface area (TPSA) is 26.0 Å². The summed E-state index contributed by atoms with van der Waals surface area (Å²) in [5, 5.41) is 1.30. The largest absolute Gasteiger partial charge is 0.326 e. The van der Waals surface area contributed by atoms with E-state index in [2.05, 4.69) is 22.6 Å². The van der Waals surface area contributed by atoms with Gasteiger partial charge in [-0.25, -0.2) is 0 Å². The normalized spacial score (nSPS) is 10.2. The first-order chi connectivity index (χ1) is 5.15. The number of halogens is 3. The lowest BCUT2D eigenvalue weighted by molar-refractivity contribution is 1.06. The lowest BCUT2D eigenvalue weighted by Crippen LogP contribution is -1.99. The van der Waals surface area contributed by atoms with Crippen molar-refractivity contribution in [2.45, 2.75) is 6.54 Å². The Kier molecular flexibility index (Phi) is 3.43. The lowest BCUT2D eigenvalue weighted by atomic mass is 10.2. The summed E-state index contributed by atoms with van der Waals surface area (Å²) in [6.07, 6.45) is 0. The molecule has 0 bridgehead atoms. The second-order valence-corrected chi connectivity index (χ2v) is 3.99. The third-order valence-corrected chi connectivity index (χ3v) is 3.40. The molecule has 0 spiro atoms. The Bertz CT molecular complexity index is 275. The van der Waals surface area contributed by atoms with Gasteiger partial charge < -0.3 is 5.73 Å². The van der Waals surface area contributed by atoms with E-state index >= 15 is 0 Å². The van der Waals surface area contributed by atoms with Crippen LogP contribution in [0, 0.1) is 3.57 Å². The van der Waals surface area contributed by atoms with E-state index in [4.69, 9.17) is 28.9 Å². The third-order valence-electron chi connectivity index (χ3n) is 1.29. The molecule has 0 radical (unpaired) electrons. The molecule has 0 aliphatic carbocycles. The van der Waals surface area contributed by atoms with Crippen molar-refractivity contribution >= 4 is 45.8 Å². The number of hydrogen-bond donors (Lipinski definition) is 1. The van der Waals surface area contributed by atoms with Crippen molar-refractivity contribution in [1.29, 1.82) is 0 Å². The molecule has 1 aromatic rings. The maximum absolute atomic E-state index is 5.85. The number of hydrogen-bond acceptors (Lipinski definition) is 1. The van der Waals surface area contributed by atoms with Crippen LogP contribution in [0.3, 0.4) is 0 Å². The maximum Gasteiger partial charge on any atom is 0.0557 e. The van der Waals surface area contributed by atoms with Crippen molar-refractivity contribution in [2.24, 2.45) is 5.73 Å². The summed E-state index contributed by atoms with van der Waals surface area (Å²) in [7, 11) is 0. The Morgan fingerprint density at radius 3 is 2.55 bits per heavy atom. The van der Waals surface area contributed by atoms with E-state index in [-0.39, 0.29) is 0 Å². The van der Waals surface area contributed by atoms with Gasteiger partial charge in [0.15, 0.2) is 0 Å². The molecule has 0 heterocycles. The van der Waals surface area contributed by atoms with Gasteiger partial charge in [0.1, 0.15) is 0 Å². The summed E-state index contributed by atoms with van der Waals surface area (Å²) in [4.78, 5) is 0. The van der Waals surface area contributed by atoms with Gasteiger partial charge in [0.2, 0.25) is 0 Å². The minimum absolute atomic E-state index is 0.471. The molecule has 0 unspecified atom stereocenters. The Hall–Kier alpha value is 0.490. The Morgan fingerprint density at radius 1 is 1.36 bits per heavy atom. The van der Waals surface area contributed by atoms with Crippen molar-refractivity contribution < 1.29 is 0 Å². The first kappa shape index (κ1) is 9.58. The Balaban J connectivity index is 3.24. The smallest absolute Gasteiger partial charge is 0.0557 e. The molecule has 11 heavy (non-hydrogen) atoms. The summed E-state index contributed by atoms with van der Waals surface area (Å²) in [5.74, 6) is 0. The monoisotopic (exact) mass is 301 g/mol. The molecule has 60 valence electrons. The fourth-order valence-corrected chi connectivity index (χ4v) is 1.82.